The number of likely N-dealkylation sites (N-methyl/N-ethyl adjacent to an activating group) is 1. The number of aryl methyl sites for hydroxylation is 1. The van der Waals surface area contributed by atoms with Crippen molar-refractivity contribution in [3.63, 3.8) is 0 Å². The maximum atomic E-state index is 12.7. The number of carbonyl (C=O) groups is 1. The average Bonchev–Trinajstić information content (AvgIpc) is 3.29. The molecule has 1 fully saturated rings. The number of rotatable bonds is 5. The number of aromatic nitrogens is 3. The highest BCUT2D eigenvalue weighted by atomic mass is 32.1. The summed E-state index contributed by atoms with van der Waals surface area (Å²) < 4.78 is 8.14. The van der Waals surface area contributed by atoms with Gasteiger partial charge in [0.1, 0.15) is 6.04 Å². The Bertz CT molecular complexity index is 946. The number of morpholine rings is 1. The van der Waals surface area contributed by atoms with Crippen molar-refractivity contribution in [2.45, 2.75) is 6.04 Å². The molecule has 1 aliphatic rings. The molecule has 1 amide bonds. The number of ether oxygens (including phenoxy) is 1. The first-order chi connectivity index (χ1) is 13.1. The molecule has 27 heavy (non-hydrogen) atoms. The van der Waals surface area contributed by atoms with E-state index < -0.39 is 6.04 Å². The number of fused-ring (bicyclic) bond motifs is 1. The average molecular weight is 386 g/mol. The van der Waals surface area contributed by atoms with E-state index in [1.165, 1.54) is 0 Å². The molecular formula is C18H22N6O2S. The molecule has 1 saturated heterocycles. The number of anilines is 2. The van der Waals surface area contributed by atoms with Crippen molar-refractivity contribution in [3.05, 3.63) is 36.2 Å². The Morgan fingerprint density at radius 1 is 1.33 bits per heavy atom. The SMILES string of the molecule is CNC(C(=O)Nc1ccc2nc(N3CCOCC3)sc2c1)c1cnn(C)c1. The Balaban J connectivity index is 1.52. The molecular weight excluding hydrogens is 364 g/mol. The highest BCUT2D eigenvalue weighted by Crippen LogP contribution is 2.31. The van der Waals surface area contributed by atoms with Gasteiger partial charge in [0, 0.05) is 37.6 Å². The molecule has 2 N–H and O–H groups in total. The summed E-state index contributed by atoms with van der Waals surface area (Å²) in [6.07, 6.45) is 3.53. The van der Waals surface area contributed by atoms with E-state index in [1.807, 2.05) is 31.4 Å². The fraction of sp³-hybridized carbons (Fsp3) is 0.389. The largest absolute Gasteiger partial charge is 0.378 e. The molecule has 1 aromatic carbocycles. The molecule has 0 saturated carbocycles. The van der Waals surface area contributed by atoms with E-state index in [-0.39, 0.29) is 5.91 Å². The second kappa shape index (κ2) is 7.63. The summed E-state index contributed by atoms with van der Waals surface area (Å²) in [5.74, 6) is -0.122. The molecule has 0 aliphatic carbocycles. The highest BCUT2D eigenvalue weighted by Gasteiger charge is 2.21. The summed E-state index contributed by atoms with van der Waals surface area (Å²) >= 11 is 1.64. The Morgan fingerprint density at radius 2 is 2.15 bits per heavy atom. The molecule has 142 valence electrons. The summed E-state index contributed by atoms with van der Waals surface area (Å²) in [5, 5.41) is 11.2. The van der Waals surface area contributed by atoms with Crippen LogP contribution in [0.2, 0.25) is 0 Å². The molecule has 1 atom stereocenters. The Morgan fingerprint density at radius 3 is 2.85 bits per heavy atom. The minimum absolute atomic E-state index is 0.122. The number of hydrogen-bond donors (Lipinski definition) is 2. The van der Waals surface area contributed by atoms with Gasteiger partial charge in [0.2, 0.25) is 5.91 Å². The van der Waals surface area contributed by atoms with Crippen LogP contribution in [-0.4, -0.2) is 54.0 Å². The van der Waals surface area contributed by atoms with Crippen molar-refractivity contribution < 1.29 is 9.53 Å². The summed E-state index contributed by atoms with van der Waals surface area (Å²) in [6.45, 7) is 3.19. The van der Waals surface area contributed by atoms with E-state index in [9.17, 15) is 4.79 Å². The van der Waals surface area contributed by atoms with E-state index in [1.54, 1.807) is 29.3 Å². The lowest BCUT2D eigenvalue weighted by Crippen LogP contribution is -2.36. The third-order valence-electron chi connectivity index (χ3n) is 4.54. The zero-order chi connectivity index (χ0) is 18.8. The number of nitrogens with one attached hydrogen (secondary N) is 2. The van der Waals surface area contributed by atoms with Crippen LogP contribution in [-0.2, 0) is 16.6 Å². The molecule has 0 radical (unpaired) electrons. The monoisotopic (exact) mass is 386 g/mol. The molecule has 9 heteroatoms. The zero-order valence-electron chi connectivity index (χ0n) is 15.3. The van der Waals surface area contributed by atoms with Crippen molar-refractivity contribution in [1.82, 2.24) is 20.1 Å². The summed E-state index contributed by atoms with van der Waals surface area (Å²) in [7, 11) is 3.59. The molecule has 8 nitrogen and oxygen atoms in total. The number of benzene rings is 1. The predicted octanol–water partition coefficient (Wildman–Crippen LogP) is 1.77. The Kier molecular flexibility index (Phi) is 5.06. The van der Waals surface area contributed by atoms with Gasteiger partial charge in [0.25, 0.3) is 0 Å². The van der Waals surface area contributed by atoms with Crippen LogP contribution in [0, 0.1) is 0 Å². The first-order valence-electron chi connectivity index (χ1n) is 8.84. The van der Waals surface area contributed by atoms with Gasteiger partial charge in [0.15, 0.2) is 5.13 Å². The van der Waals surface area contributed by atoms with Crippen molar-refractivity contribution in [2.24, 2.45) is 7.05 Å². The standard InChI is InChI=1S/C18H22N6O2S/c1-19-16(12-10-20-23(2)11-12)17(25)21-13-3-4-14-15(9-13)27-18(22-14)24-5-7-26-8-6-24/h3-4,9-11,16,19H,5-8H2,1-2H3,(H,21,25). The van der Waals surface area contributed by atoms with Gasteiger partial charge in [0.05, 0.1) is 29.6 Å². The van der Waals surface area contributed by atoms with Crippen LogP contribution < -0.4 is 15.5 Å². The lowest BCUT2D eigenvalue weighted by atomic mass is 10.1. The molecule has 1 unspecified atom stereocenters. The van der Waals surface area contributed by atoms with Crippen LogP contribution in [0.25, 0.3) is 10.2 Å². The fourth-order valence-corrected chi connectivity index (χ4v) is 4.19. The Labute approximate surface area is 161 Å². The second-order valence-corrected chi connectivity index (χ2v) is 7.45. The van der Waals surface area contributed by atoms with Crippen LogP contribution in [0.5, 0.6) is 0 Å². The van der Waals surface area contributed by atoms with Crippen LogP contribution in [0.4, 0.5) is 10.8 Å². The van der Waals surface area contributed by atoms with Gasteiger partial charge in [-0.2, -0.15) is 5.10 Å². The Hall–Kier alpha value is -2.49. The van der Waals surface area contributed by atoms with Crippen molar-refractivity contribution in [2.75, 3.05) is 43.6 Å². The lowest BCUT2D eigenvalue weighted by Gasteiger charge is -2.25. The van der Waals surface area contributed by atoms with Gasteiger partial charge in [-0.1, -0.05) is 11.3 Å². The lowest BCUT2D eigenvalue weighted by molar-refractivity contribution is -0.118. The molecule has 3 aromatic rings. The summed E-state index contributed by atoms with van der Waals surface area (Å²) in [5.41, 5.74) is 2.52. The minimum Gasteiger partial charge on any atom is -0.378 e. The van der Waals surface area contributed by atoms with Gasteiger partial charge >= 0.3 is 0 Å². The van der Waals surface area contributed by atoms with Crippen LogP contribution in [0.15, 0.2) is 30.6 Å². The van der Waals surface area contributed by atoms with E-state index in [0.29, 0.717) is 0 Å². The maximum Gasteiger partial charge on any atom is 0.246 e. The first-order valence-corrected chi connectivity index (χ1v) is 9.65. The quantitative estimate of drug-likeness (QED) is 0.695. The van der Waals surface area contributed by atoms with E-state index >= 15 is 0 Å². The summed E-state index contributed by atoms with van der Waals surface area (Å²) in [4.78, 5) is 19.7. The first kappa shape index (κ1) is 17.9. The summed E-state index contributed by atoms with van der Waals surface area (Å²) in [6, 6.07) is 5.35. The smallest absolute Gasteiger partial charge is 0.246 e. The molecule has 0 spiro atoms. The van der Waals surface area contributed by atoms with Crippen molar-refractivity contribution >= 4 is 38.3 Å². The minimum atomic E-state index is -0.459. The highest BCUT2D eigenvalue weighted by molar-refractivity contribution is 7.22. The number of carbonyl (C=O) groups excluding carboxylic acids is 1. The van der Waals surface area contributed by atoms with Crippen molar-refractivity contribution in [3.8, 4) is 0 Å². The number of thiazole rings is 1. The number of hydrogen-bond acceptors (Lipinski definition) is 7. The van der Waals surface area contributed by atoms with Gasteiger partial charge < -0.3 is 20.3 Å². The van der Waals surface area contributed by atoms with Gasteiger partial charge in [-0.3, -0.25) is 9.48 Å². The number of amides is 1. The number of nitrogens with zero attached hydrogens (tertiary/aromatic N) is 4. The van der Waals surface area contributed by atoms with Crippen molar-refractivity contribution in [1.29, 1.82) is 0 Å². The molecule has 4 rings (SSSR count). The van der Waals surface area contributed by atoms with Gasteiger partial charge in [-0.25, -0.2) is 4.98 Å². The van der Waals surface area contributed by atoms with E-state index in [2.05, 4.69) is 20.6 Å². The van der Waals surface area contributed by atoms with E-state index in [0.717, 1.165) is 52.9 Å². The topological polar surface area (TPSA) is 84.3 Å². The molecule has 2 aromatic heterocycles. The maximum absolute atomic E-state index is 12.7. The fourth-order valence-electron chi connectivity index (χ4n) is 3.13. The molecule has 1 aliphatic heterocycles. The van der Waals surface area contributed by atoms with Gasteiger partial charge in [-0.15, -0.1) is 0 Å². The second-order valence-electron chi connectivity index (χ2n) is 6.44. The molecule has 0 bridgehead atoms. The van der Waals surface area contributed by atoms with Crippen LogP contribution in [0.3, 0.4) is 0 Å². The van der Waals surface area contributed by atoms with Crippen LogP contribution in [0.1, 0.15) is 11.6 Å². The molecule has 3 heterocycles. The van der Waals surface area contributed by atoms with E-state index in [4.69, 9.17) is 9.72 Å². The van der Waals surface area contributed by atoms with Gasteiger partial charge in [-0.05, 0) is 25.2 Å². The zero-order valence-corrected chi connectivity index (χ0v) is 16.1. The third kappa shape index (κ3) is 3.80. The normalized spacial score (nSPS) is 15.9. The third-order valence-corrected chi connectivity index (χ3v) is 5.61. The van der Waals surface area contributed by atoms with Crippen LogP contribution >= 0.6 is 11.3 Å². The predicted molar refractivity (Wildman–Crippen MR) is 106 cm³/mol.